The molecule has 0 aliphatic heterocycles. The minimum atomic E-state index is -4.01. The zero-order valence-corrected chi connectivity index (χ0v) is 21.7. The number of thiazole rings is 1. The fourth-order valence-corrected chi connectivity index (χ4v) is 6.39. The van der Waals surface area contributed by atoms with Crippen LogP contribution < -0.4 is 14.5 Å². The lowest BCUT2D eigenvalue weighted by Gasteiger charge is -2.26. The predicted molar refractivity (Wildman–Crippen MR) is 142 cm³/mol. The van der Waals surface area contributed by atoms with Gasteiger partial charge in [0.25, 0.3) is 10.0 Å². The third-order valence-electron chi connectivity index (χ3n) is 6.01. The van der Waals surface area contributed by atoms with E-state index in [0.717, 1.165) is 42.5 Å². The third-order valence-corrected chi connectivity index (χ3v) is 8.73. The number of aryl methyl sites for hydroxylation is 3. The standard InChI is InChI=1S/C26H27N3O4S2/c1-5-28-23-14-11-20(15-24(23)34-26(28)31)27-25(30)16-29(22-8-6-7-18(3)19(22)4)35(32,33)21-12-9-17(2)10-13-21/h6-15H,5,16H2,1-4H3,(H,27,30). The number of benzene rings is 3. The highest BCUT2D eigenvalue weighted by molar-refractivity contribution is 7.92. The molecule has 3 aromatic carbocycles. The van der Waals surface area contributed by atoms with E-state index in [2.05, 4.69) is 5.32 Å². The van der Waals surface area contributed by atoms with Crippen LogP contribution in [0.3, 0.4) is 0 Å². The van der Waals surface area contributed by atoms with E-state index in [1.807, 2.05) is 33.8 Å². The number of amides is 1. The molecule has 0 spiro atoms. The molecule has 1 heterocycles. The van der Waals surface area contributed by atoms with E-state index in [4.69, 9.17) is 0 Å². The molecule has 0 aliphatic carbocycles. The molecule has 0 saturated carbocycles. The van der Waals surface area contributed by atoms with Crippen LogP contribution in [0.4, 0.5) is 11.4 Å². The highest BCUT2D eigenvalue weighted by atomic mass is 32.2. The smallest absolute Gasteiger partial charge is 0.308 e. The Kier molecular flexibility index (Phi) is 6.82. The maximum Gasteiger partial charge on any atom is 0.308 e. The molecule has 35 heavy (non-hydrogen) atoms. The molecule has 1 N–H and O–H groups in total. The van der Waals surface area contributed by atoms with E-state index >= 15 is 0 Å². The average Bonchev–Trinajstić information content (AvgIpc) is 3.13. The first-order valence-corrected chi connectivity index (χ1v) is 13.5. The minimum Gasteiger partial charge on any atom is -0.324 e. The summed E-state index contributed by atoms with van der Waals surface area (Å²) in [6.45, 7) is 7.69. The van der Waals surface area contributed by atoms with Gasteiger partial charge in [-0.15, -0.1) is 0 Å². The van der Waals surface area contributed by atoms with Gasteiger partial charge in [0.1, 0.15) is 6.54 Å². The van der Waals surface area contributed by atoms with Crippen molar-refractivity contribution in [3.8, 4) is 0 Å². The first kappa shape index (κ1) is 24.7. The fourth-order valence-electron chi connectivity index (χ4n) is 3.92. The van der Waals surface area contributed by atoms with Gasteiger partial charge >= 0.3 is 4.87 Å². The Bertz CT molecular complexity index is 1570. The van der Waals surface area contributed by atoms with E-state index < -0.39 is 22.5 Å². The van der Waals surface area contributed by atoms with E-state index in [0.29, 0.717) is 17.9 Å². The molecule has 0 bridgehead atoms. The van der Waals surface area contributed by atoms with Gasteiger partial charge in [0.15, 0.2) is 0 Å². The van der Waals surface area contributed by atoms with Crippen LogP contribution in [0.15, 0.2) is 70.4 Å². The molecule has 1 amide bonds. The number of fused-ring (bicyclic) bond motifs is 1. The first-order chi connectivity index (χ1) is 16.6. The van der Waals surface area contributed by atoms with Crippen molar-refractivity contribution in [3.05, 3.63) is 87.0 Å². The number of nitrogens with one attached hydrogen (secondary N) is 1. The van der Waals surface area contributed by atoms with Crippen LogP contribution in [-0.2, 0) is 21.4 Å². The van der Waals surface area contributed by atoms with Gasteiger partial charge in [-0.2, -0.15) is 0 Å². The normalized spacial score (nSPS) is 11.5. The van der Waals surface area contributed by atoms with Crippen molar-refractivity contribution in [2.45, 2.75) is 39.1 Å². The van der Waals surface area contributed by atoms with Crippen molar-refractivity contribution in [2.24, 2.45) is 0 Å². The van der Waals surface area contributed by atoms with Gasteiger partial charge in [-0.3, -0.25) is 18.5 Å². The van der Waals surface area contributed by atoms with Crippen molar-refractivity contribution in [2.75, 3.05) is 16.2 Å². The maximum atomic E-state index is 13.7. The zero-order chi connectivity index (χ0) is 25.3. The minimum absolute atomic E-state index is 0.0590. The molecular weight excluding hydrogens is 482 g/mol. The molecular formula is C26H27N3O4S2. The predicted octanol–water partition coefficient (Wildman–Crippen LogP) is 4.84. The Morgan fingerprint density at radius 3 is 2.43 bits per heavy atom. The molecule has 0 aliphatic rings. The van der Waals surface area contributed by atoms with Gasteiger partial charge < -0.3 is 5.32 Å². The topological polar surface area (TPSA) is 88.5 Å². The number of anilines is 2. The highest BCUT2D eigenvalue weighted by Crippen LogP contribution is 2.29. The van der Waals surface area contributed by atoms with Crippen molar-refractivity contribution < 1.29 is 13.2 Å². The Balaban J connectivity index is 1.68. The molecule has 4 rings (SSSR count). The Morgan fingerprint density at radius 1 is 1.03 bits per heavy atom. The number of hydrogen-bond donors (Lipinski definition) is 1. The van der Waals surface area contributed by atoms with Crippen molar-refractivity contribution in [1.82, 2.24) is 4.57 Å². The van der Waals surface area contributed by atoms with Gasteiger partial charge in [-0.05, 0) is 75.2 Å². The molecule has 0 unspecified atom stereocenters. The molecule has 0 saturated heterocycles. The molecule has 0 radical (unpaired) electrons. The van der Waals surface area contributed by atoms with E-state index in [9.17, 15) is 18.0 Å². The zero-order valence-electron chi connectivity index (χ0n) is 20.0. The average molecular weight is 510 g/mol. The summed E-state index contributed by atoms with van der Waals surface area (Å²) < 4.78 is 30.9. The number of hydrogen-bond acceptors (Lipinski definition) is 5. The Hall–Kier alpha value is -3.43. The summed E-state index contributed by atoms with van der Waals surface area (Å²) in [6, 6.07) is 17.2. The number of sulfonamides is 1. The lowest BCUT2D eigenvalue weighted by Crippen LogP contribution is -2.38. The third kappa shape index (κ3) is 4.87. The lowest BCUT2D eigenvalue weighted by atomic mass is 10.1. The van der Waals surface area contributed by atoms with E-state index in [-0.39, 0.29) is 9.77 Å². The van der Waals surface area contributed by atoms with E-state index in [1.165, 1.54) is 0 Å². The summed E-state index contributed by atoms with van der Waals surface area (Å²) in [6.07, 6.45) is 0. The summed E-state index contributed by atoms with van der Waals surface area (Å²) >= 11 is 1.11. The maximum absolute atomic E-state index is 13.7. The quantitative estimate of drug-likeness (QED) is 0.386. The molecule has 7 nitrogen and oxygen atoms in total. The summed E-state index contributed by atoms with van der Waals surface area (Å²) in [5.74, 6) is -0.483. The first-order valence-electron chi connectivity index (χ1n) is 11.2. The Labute approximate surface area is 208 Å². The molecule has 1 aromatic heterocycles. The SMILES string of the molecule is CCn1c(=O)sc2cc(NC(=O)CN(c3cccc(C)c3C)S(=O)(=O)c3ccc(C)cc3)ccc21. The fraction of sp³-hybridized carbons (Fsp3) is 0.231. The van der Waals surface area contributed by atoms with Crippen LogP contribution in [0, 0.1) is 20.8 Å². The van der Waals surface area contributed by atoms with Crippen molar-refractivity contribution >= 4 is 48.9 Å². The largest absolute Gasteiger partial charge is 0.324 e. The number of carbonyl (C=O) groups excluding carboxylic acids is 1. The van der Waals surface area contributed by atoms with Crippen LogP contribution in [0.1, 0.15) is 23.6 Å². The Morgan fingerprint density at radius 2 is 1.74 bits per heavy atom. The van der Waals surface area contributed by atoms with Crippen molar-refractivity contribution in [1.29, 1.82) is 0 Å². The number of rotatable bonds is 7. The molecule has 0 atom stereocenters. The highest BCUT2D eigenvalue weighted by Gasteiger charge is 2.28. The molecule has 9 heteroatoms. The van der Waals surface area contributed by atoms with Crippen LogP contribution >= 0.6 is 11.3 Å². The summed E-state index contributed by atoms with van der Waals surface area (Å²) in [4.78, 5) is 25.3. The number of aromatic nitrogens is 1. The van der Waals surface area contributed by atoms with Gasteiger partial charge in [-0.25, -0.2) is 8.42 Å². The second-order valence-corrected chi connectivity index (χ2v) is 11.2. The van der Waals surface area contributed by atoms with Crippen LogP contribution in [0.2, 0.25) is 0 Å². The summed E-state index contributed by atoms with van der Waals surface area (Å²) in [5, 5.41) is 2.80. The van der Waals surface area contributed by atoms with Gasteiger partial charge in [0.05, 0.1) is 20.8 Å². The molecule has 4 aromatic rings. The molecule has 0 fully saturated rings. The van der Waals surface area contributed by atoms with E-state index in [1.54, 1.807) is 59.2 Å². The monoisotopic (exact) mass is 509 g/mol. The van der Waals surface area contributed by atoms with Gasteiger partial charge in [0.2, 0.25) is 5.91 Å². The second kappa shape index (κ2) is 9.67. The lowest BCUT2D eigenvalue weighted by molar-refractivity contribution is -0.114. The van der Waals surface area contributed by atoms with Crippen LogP contribution in [0.25, 0.3) is 10.2 Å². The van der Waals surface area contributed by atoms with Crippen LogP contribution in [-0.4, -0.2) is 25.4 Å². The summed E-state index contributed by atoms with van der Waals surface area (Å²) in [5.41, 5.74) is 4.40. The number of nitrogens with zero attached hydrogens (tertiary/aromatic N) is 2. The molecule has 182 valence electrons. The summed E-state index contributed by atoms with van der Waals surface area (Å²) in [7, 11) is -4.01. The van der Waals surface area contributed by atoms with Gasteiger partial charge in [-0.1, -0.05) is 41.2 Å². The second-order valence-electron chi connectivity index (χ2n) is 8.39. The van der Waals surface area contributed by atoms with Crippen molar-refractivity contribution in [3.63, 3.8) is 0 Å². The number of carbonyl (C=O) groups is 1. The van der Waals surface area contributed by atoms with Crippen LogP contribution in [0.5, 0.6) is 0 Å². The van der Waals surface area contributed by atoms with Gasteiger partial charge in [0, 0.05) is 12.2 Å².